The maximum atomic E-state index is 11.8. The third-order valence-electron chi connectivity index (χ3n) is 3.60. The Kier molecular flexibility index (Phi) is 4.53. The van der Waals surface area contributed by atoms with Gasteiger partial charge in [0, 0.05) is 38.3 Å². The van der Waals surface area contributed by atoms with Crippen molar-refractivity contribution >= 4 is 22.5 Å². The molecule has 2 aromatic rings. The van der Waals surface area contributed by atoms with Crippen molar-refractivity contribution < 1.29 is 4.79 Å². The first kappa shape index (κ1) is 14.8. The first-order valence-electron chi connectivity index (χ1n) is 7.44. The molecule has 1 N–H and O–H groups in total. The Morgan fingerprint density at radius 1 is 1.18 bits per heavy atom. The summed E-state index contributed by atoms with van der Waals surface area (Å²) in [4.78, 5) is 15.8. The van der Waals surface area contributed by atoms with E-state index >= 15 is 0 Å². The SMILES string of the molecule is CCNC(=O)N1CCN(c2nnc(-c3ccccc3)s2)CC1. The molecule has 0 saturated carbocycles. The average molecular weight is 317 g/mol. The number of nitrogens with one attached hydrogen (secondary N) is 1. The lowest BCUT2D eigenvalue weighted by atomic mass is 10.2. The number of piperazine rings is 1. The summed E-state index contributed by atoms with van der Waals surface area (Å²) in [5.41, 5.74) is 1.09. The molecule has 2 amide bonds. The smallest absolute Gasteiger partial charge is 0.317 e. The van der Waals surface area contributed by atoms with Crippen molar-refractivity contribution in [3.05, 3.63) is 30.3 Å². The summed E-state index contributed by atoms with van der Waals surface area (Å²) >= 11 is 1.60. The van der Waals surface area contributed by atoms with Crippen molar-refractivity contribution in [2.75, 3.05) is 37.6 Å². The number of hydrogen-bond donors (Lipinski definition) is 1. The van der Waals surface area contributed by atoms with Gasteiger partial charge in [0.05, 0.1) is 0 Å². The number of anilines is 1. The molecule has 7 heteroatoms. The van der Waals surface area contributed by atoms with Crippen LogP contribution >= 0.6 is 11.3 Å². The quantitative estimate of drug-likeness (QED) is 0.941. The number of carbonyl (C=O) groups is 1. The van der Waals surface area contributed by atoms with E-state index in [0.717, 1.165) is 28.8 Å². The van der Waals surface area contributed by atoms with Crippen molar-refractivity contribution in [3.63, 3.8) is 0 Å². The van der Waals surface area contributed by atoms with Gasteiger partial charge in [0.25, 0.3) is 0 Å². The van der Waals surface area contributed by atoms with Crippen molar-refractivity contribution in [3.8, 4) is 10.6 Å². The van der Waals surface area contributed by atoms with E-state index in [4.69, 9.17) is 0 Å². The molecule has 0 atom stereocenters. The third-order valence-corrected chi connectivity index (χ3v) is 4.63. The highest BCUT2D eigenvalue weighted by molar-refractivity contribution is 7.18. The zero-order valence-corrected chi connectivity index (χ0v) is 13.3. The van der Waals surface area contributed by atoms with E-state index in [0.29, 0.717) is 19.6 Å². The van der Waals surface area contributed by atoms with Gasteiger partial charge in [-0.25, -0.2) is 4.79 Å². The van der Waals surface area contributed by atoms with Crippen molar-refractivity contribution in [2.45, 2.75) is 6.92 Å². The number of rotatable bonds is 3. The number of amides is 2. The Hall–Kier alpha value is -2.15. The van der Waals surface area contributed by atoms with Crippen LogP contribution in [0.2, 0.25) is 0 Å². The summed E-state index contributed by atoms with van der Waals surface area (Å²) < 4.78 is 0. The van der Waals surface area contributed by atoms with E-state index in [-0.39, 0.29) is 6.03 Å². The lowest BCUT2D eigenvalue weighted by Crippen LogP contribution is -2.51. The summed E-state index contributed by atoms with van der Waals surface area (Å²) in [5, 5.41) is 13.3. The van der Waals surface area contributed by atoms with E-state index in [1.807, 2.05) is 42.2 Å². The molecule has 1 aliphatic rings. The van der Waals surface area contributed by atoms with Crippen LogP contribution in [0.5, 0.6) is 0 Å². The van der Waals surface area contributed by atoms with Gasteiger partial charge >= 0.3 is 6.03 Å². The monoisotopic (exact) mass is 317 g/mol. The van der Waals surface area contributed by atoms with Crippen LogP contribution in [0.3, 0.4) is 0 Å². The summed E-state index contributed by atoms with van der Waals surface area (Å²) in [6, 6.07) is 10.1. The number of hydrogen-bond acceptors (Lipinski definition) is 5. The van der Waals surface area contributed by atoms with Gasteiger partial charge in [-0.05, 0) is 6.92 Å². The summed E-state index contributed by atoms with van der Waals surface area (Å²) in [6.07, 6.45) is 0. The minimum absolute atomic E-state index is 0.0180. The molecule has 0 aliphatic carbocycles. The first-order chi connectivity index (χ1) is 10.8. The normalized spacial score (nSPS) is 15.0. The van der Waals surface area contributed by atoms with Crippen LogP contribution in [-0.4, -0.2) is 53.9 Å². The molecule has 1 aromatic heterocycles. The molecule has 1 fully saturated rings. The van der Waals surface area contributed by atoms with Gasteiger partial charge in [0.15, 0.2) is 0 Å². The Balaban J connectivity index is 1.63. The number of aromatic nitrogens is 2. The maximum absolute atomic E-state index is 11.8. The van der Waals surface area contributed by atoms with Crippen LogP contribution in [0.25, 0.3) is 10.6 Å². The minimum atomic E-state index is 0.0180. The molecular formula is C15H19N5OS. The van der Waals surface area contributed by atoms with Crippen LogP contribution in [0, 0.1) is 0 Å². The number of benzene rings is 1. The van der Waals surface area contributed by atoms with Crippen molar-refractivity contribution in [1.82, 2.24) is 20.4 Å². The van der Waals surface area contributed by atoms with Gasteiger partial charge < -0.3 is 15.1 Å². The summed E-state index contributed by atoms with van der Waals surface area (Å²) in [5.74, 6) is 0. The molecule has 22 heavy (non-hydrogen) atoms. The first-order valence-corrected chi connectivity index (χ1v) is 8.26. The molecule has 3 rings (SSSR count). The van der Waals surface area contributed by atoms with Gasteiger partial charge in [-0.3, -0.25) is 0 Å². The van der Waals surface area contributed by atoms with Crippen molar-refractivity contribution in [2.24, 2.45) is 0 Å². The Morgan fingerprint density at radius 3 is 2.59 bits per heavy atom. The van der Waals surface area contributed by atoms with Gasteiger partial charge in [0.1, 0.15) is 5.01 Å². The van der Waals surface area contributed by atoms with Gasteiger partial charge in [0.2, 0.25) is 5.13 Å². The minimum Gasteiger partial charge on any atom is -0.343 e. The number of carbonyl (C=O) groups excluding carboxylic acids is 1. The predicted molar refractivity (Wildman–Crippen MR) is 88.2 cm³/mol. The Bertz CT molecular complexity index is 622. The van der Waals surface area contributed by atoms with Crippen LogP contribution in [0.15, 0.2) is 30.3 Å². The van der Waals surface area contributed by atoms with Crippen LogP contribution in [0.1, 0.15) is 6.92 Å². The molecular weight excluding hydrogens is 298 g/mol. The average Bonchev–Trinajstić information content (AvgIpc) is 3.06. The molecule has 0 unspecified atom stereocenters. The number of urea groups is 1. The lowest BCUT2D eigenvalue weighted by Gasteiger charge is -2.34. The second-order valence-electron chi connectivity index (χ2n) is 5.07. The molecule has 0 bridgehead atoms. The fraction of sp³-hybridized carbons (Fsp3) is 0.400. The predicted octanol–water partition coefficient (Wildman–Crippen LogP) is 2.06. The molecule has 0 radical (unpaired) electrons. The van der Waals surface area contributed by atoms with E-state index in [9.17, 15) is 4.79 Å². The van der Waals surface area contributed by atoms with Crippen LogP contribution < -0.4 is 10.2 Å². The topological polar surface area (TPSA) is 61.4 Å². The second-order valence-corrected chi connectivity index (χ2v) is 6.02. The molecule has 0 spiro atoms. The molecule has 2 heterocycles. The second kappa shape index (κ2) is 6.74. The van der Waals surface area contributed by atoms with E-state index in [1.165, 1.54) is 0 Å². The zero-order chi connectivity index (χ0) is 15.4. The van der Waals surface area contributed by atoms with Crippen molar-refractivity contribution in [1.29, 1.82) is 0 Å². The zero-order valence-electron chi connectivity index (χ0n) is 12.5. The summed E-state index contributed by atoms with van der Waals surface area (Å²) in [6.45, 7) is 5.61. The molecule has 6 nitrogen and oxygen atoms in total. The lowest BCUT2D eigenvalue weighted by molar-refractivity contribution is 0.195. The van der Waals surface area contributed by atoms with E-state index < -0.39 is 0 Å². The third kappa shape index (κ3) is 3.19. The fourth-order valence-corrected chi connectivity index (χ4v) is 3.31. The van der Waals surface area contributed by atoms with Gasteiger partial charge in [-0.1, -0.05) is 41.7 Å². The Morgan fingerprint density at radius 2 is 1.91 bits per heavy atom. The van der Waals surface area contributed by atoms with E-state index in [1.54, 1.807) is 11.3 Å². The summed E-state index contributed by atoms with van der Waals surface area (Å²) in [7, 11) is 0. The molecule has 1 aliphatic heterocycles. The molecule has 1 aromatic carbocycles. The molecule has 1 saturated heterocycles. The highest BCUT2D eigenvalue weighted by Crippen LogP contribution is 2.28. The van der Waals surface area contributed by atoms with Crippen LogP contribution in [-0.2, 0) is 0 Å². The fourth-order valence-electron chi connectivity index (χ4n) is 2.40. The van der Waals surface area contributed by atoms with Gasteiger partial charge in [-0.15, -0.1) is 10.2 Å². The highest BCUT2D eigenvalue weighted by Gasteiger charge is 2.23. The number of nitrogens with zero attached hydrogens (tertiary/aromatic N) is 4. The van der Waals surface area contributed by atoms with E-state index in [2.05, 4.69) is 20.4 Å². The highest BCUT2D eigenvalue weighted by atomic mass is 32.1. The van der Waals surface area contributed by atoms with Crippen LogP contribution in [0.4, 0.5) is 9.93 Å². The Labute approximate surface area is 133 Å². The molecule has 116 valence electrons. The van der Waals surface area contributed by atoms with Gasteiger partial charge in [-0.2, -0.15) is 0 Å². The standard InChI is InChI=1S/C15H19N5OS/c1-2-16-14(21)19-8-10-20(11-9-19)15-18-17-13(22-15)12-6-4-3-5-7-12/h3-7H,2,8-11H2,1H3,(H,16,21). The largest absolute Gasteiger partial charge is 0.343 e. The maximum Gasteiger partial charge on any atom is 0.317 e.